The zero-order valence-corrected chi connectivity index (χ0v) is 14.4. The van der Waals surface area contributed by atoms with E-state index in [1.807, 2.05) is 6.42 Å². The fraction of sp³-hybridized carbons (Fsp3) is 0.0588. The molecule has 6 nitrogen and oxygen atoms in total. The fourth-order valence-corrected chi connectivity index (χ4v) is 2.87. The number of nitrogens with two attached hydrogens (primary N) is 1. The smallest absolute Gasteiger partial charge is 0.333 e. The van der Waals surface area contributed by atoms with E-state index in [0.717, 1.165) is 11.1 Å². The molecule has 0 aliphatic rings. The molecule has 1 aromatic heterocycles. The summed E-state index contributed by atoms with van der Waals surface area (Å²) in [4.78, 5) is 18.9. The van der Waals surface area contributed by atoms with Crippen molar-refractivity contribution in [1.82, 2.24) is 9.97 Å². The minimum atomic E-state index is -0.168. The molecule has 0 aliphatic carbocycles. The molecule has 0 atom stereocenters. The van der Waals surface area contributed by atoms with Gasteiger partial charge in [-0.2, -0.15) is 5.84 Å². The molecular weight excluding hydrogens is 363 g/mol. The van der Waals surface area contributed by atoms with Crippen molar-refractivity contribution in [1.29, 1.82) is 0 Å². The number of imidazole rings is 1. The van der Waals surface area contributed by atoms with Gasteiger partial charge in [-0.05, 0) is 36.2 Å². The molecule has 0 spiro atoms. The number of aromatic amines is 1. The highest BCUT2D eigenvalue weighted by Gasteiger charge is 2.16. The molecule has 127 valence electrons. The molecule has 3 rings (SSSR count). The van der Waals surface area contributed by atoms with Gasteiger partial charge in [0.2, 0.25) is 0 Å². The van der Waals surface area contributed by atoms with Crippen molar-refractivity contribution in [3.63, 3.8) is 0 Å². The summed E-state index contributed by atoms with van der Waals surface area (Å²) < 4.78 is 0. The third kappa shape index (κ3) is 3.92. The molecule has 0 saturated carbocycles. The molecule has 8 heteroatoms. The van der Waals surface area contributed by atoms with Crippen LogP contribution in [0.4, 0.5) is 5.69 Å². The van der Waals surface area contributed by atoms with Gasteiger partial charge in [0, 0.05) is 29.3 Å². The maximum atomic E-state index is 11.2. The SMILES string of the molecule is N[N+](=O)c1cc(C[CH]c2nc(-c3ccc(Cl)cc3Cl)c[nH]2)ccc1O. The molecule has 0 unspecified atom stereocenters. The van der Waals surface area contributed by atoms with Gasteiger partial charge in [-0.1, -0.05) is 29.3 Å². The van der Waals surface area contributed by atoms with Crippen molar-refractivity contribution in [2.24, 2.45) is 5.84 Å². The number of H-pyrrole nitrogens is 1. The van der Waals surface area contributed by atoms with E-state index in [4.69, 9.17) is 29.0 Å². The van der Waals surface area contributed by atoms with Crippen LogP contribution in [0.25, 0.3) is 11.3 Å². The average Bonchev–Trinajstić information content (AvgIpc) is 3.02. The minimum Gasteiger partial charge on any atom is -0.502 e. The number of benzene rings is 2. The summed E-state index contributed by atoms with van der Waals surface area (Å²) in [5.74, 6) is 5.64. The van der Waals surface area contributed by atoms with Crippen LogP contribution in [0.1, 0.15) is 11.4 Å². The summed E-state index contributed by atoms with van der Waals surface area (Å²) in [6, 6.07) is 9.88. The van der Waals surface area contributed by atoms with Crippen molar-refractivity contribution in [2.75, 3.05) is 0 Å². The Hall–Kier alpha value is -2.57. The Morgan fingerprint density at radius 2 is 2.04 bits per heavy atom. The summed E-state index contributed by atoms with van der Waals surface area (Å²) in [6.07, 6.45) is 4.11. The van der Waals surface area contributed by atoms with E-state index in [0.29, 0.717) is 28.0 Å². The highest BCUT2D eigenvalue weighted by Crippen LogP contribution is 2.30. The number of hydrogen-bond acceptors (Lipinski definition) is 3. The zero-order chi connectivity index (χ0) is 18.0. The van der Waals surface area contributed by atoms with E-state index in [2.05, 4.69) is 9.97 Å². The van der Waals surface area contributed by atoms with Crippen LogP contribution in [0.2, 0.25) is 10.0 Å². The molecule has 0 bridgehead atoms. The Balaban J connectivity index is 1.74. The summed E-state index contributed by atoms with van der Waals surface area (Å²) in [5, 5.41) is 10.7. The minimum absolute atomic E-state index is 0.0129. The normalized spacial score (nSPS) is 10.8. The molecule has 3 aromatic rings. The Kier molecular flexibility index (Phi) is 4.92. The van der Waals surface area contributed by atoms with Gasteiger partial charge in [0.15, 0.2) is 10.6 Å². The van der Waals surface area contributed by atoms with Gasteiger partial charge in [-0.25, -0.2) is 4.98 Å². The summed E-state index contributed by atoms with van der Waals surface area (Å²) in [7, 11) is 0. The number of phenols is 1. The van der Waals surface area contributed by atoms with Gasteiger partial charge < -0.3 is 10.1 Å². The number of halogens is 2. The van der Waals surface area contributed by atoms with Crippen molar-refractivity contribution in [2.45, 2.75) is 6.42 Å². The van der Waals surface area contributed by atoms with Gasteiger partial charge in [-0.15, -0.1) is 0 Å². The predicted molar refractivity (Wildman–Crippen MR) is 96.7 cm³/mol. The predicted octanol–water partition coefficient (Wildman–Crippen LogP) is 4.17. The number of nitrogens with zero attached hydrogens (tertiary/aromatic N) is 2. The molecule has 0 saturated heterocycles. The zero-order valence-electron chi connectivity index (χ0n) is 12.9. The number of hydrogen-bond donors (Lipinski definition) is 3. The lowest BCUT2D eigenvalue weighted by Gasteiger charge is -2.01. The first-order chi connectivity index (χ1) is 11.9. The average molecular weight is 377 g/mol. The maximum absolute atomic E-state index is 11.2. The topological polar surface area (TPSA) is 95.0 Å². The lowest BCUT2D eigenvalue weighted by Crippen LogP contribution is -2.09. The van der Waals surface area contributed by atoms with Gasteiger partial charge in [-0.3, -0.25) is 0 Å². The molecule has 0 aliphatic heterocycles. The standard InChI is InChI=1S/C17H13Cl2N4O2/c18-11-3-4-12(13(19)8-11)14-9-21-17(22-14)6-2-10-1-5-16(24)15(7-10)23(20)25/h1,3-9H,2H2,(H3-,20,21,22,24,25)/p+1. The highest BCUT2D eigenvalue weighted by atomic mass is 35.5. The van der Waals surface area contributed by atoms with E-state index in [9.17, 15) is 10.0 Å². The van der Waals surface area contributed by atoms with Crippen LogP contribution in [-0.2, 0) is 6.42 Å². The molecule has 0 fully saturated rings. The quantitative estimate of drug-likeness (QED) is 0.353. The Morgan fingerprint density at radius 1 is 1.24 bits per heavy atom. The first-order valence-corrected chi connectivity index (χ1v) is 8.07. The van der Waals surface area contributed by atoms with Crippen molar-refractivity contribution < 1.29 is 9.98 Å². The van der Waals surface area contributed by atoms with E-state index < -0.39 is 0 Å². The highest BCUT2D eigenvalue weighted by molar-refractivity contribution is 6.36. The van der Waals surface area contributed by atoms with Crippen LogP contribution in [0.5, 0.6) is 5.75 Å². The molecular formula is C17H14Cl2N4O2+. The second-order valence-electron chi connectivity index (χ2n) is 5.35. The molecule has 2 aromatic carbocycles. The largest absolute Gasteiger partial charge is 0.502 e. The van der Waals surface area contributed by atoms with E-state index in [1.54, 1.807) is 30.5 Å². The number of aromatic nitrogens is 2. The van der Waals surface area contributed by atoms with Crippen LogP contribution in [0.15, 0.2) is 42.6 Å². The lowest BCUT2D eigenvalue weighted by molar-refractivity contribution is -0.475. The number of rotatable bonds is 5. The van der Waals surface area contributed by atoms with Gasteiger partial charge in [0.05, 0.1) is 15.6 Å². The monoisotopic (exact) mass is 376 g/mol. The first kappa shape index (κ1) is 17.3. The van der Waals surface area contributed by atoms with Crippen molar-refractivity contribution in [3.05, 3.63) is 75.4 Å². The molecule has 0 amide bonds. The fourth-order valence-electron chi connectivity index (χ4n) is 2.36. The number of nitroso groups, excluding NO2 is 1. The van der Waals surface area contributed by atoms with Gasteiger partial charge in [0.1, 0.15) is 5.82 Å². The van der Waals surface area contributed by atoms with Crippen LogP contribution in [-0.4, -0.2) is 19.9 Å². The van der Waals surface area contributed by atoms with Crippen molar-refractivity contribution >= 4 is 28.9 Å². The third-order valence-corrected chi connectivity index (χ3v) is 4.16. The van der Waals surface area contributed by atoms with E-state index >= 15 is 0 Å². The Labute approximate surface area is 153 Å². The van der Waals surface area contributed by atoms with E-state index in [1.165, 1.54) is 12.1 Å². The number of nitrogens with one attached hydrogen (secondary N) is 1. The first-order valence-electron chi connectivity index (χ1n) is 7.32. The van der Waals surface area contributed by atoms with Crippen molar-refractivity contribution in [3.8, 4) is 17.0 Å². The third-order valence-electron chi connectivity index (χ3n) is 3.61. The van der Waals surface area contributed by atoms with Crippen LogP contribution in [0.3, 0.4) is 0 Å². The molecule has 1 heterocycles. The summed E-state index contributed by atoms with van der Waals surface area (Å²) >= 11 is 12.1. The van der Waals surface area contributed by atoms with Crippen LogP contribution < -0.4 is 5.84 Å². The van der Waals surface area contributed by atoms with Gasteiger partial charge in [0.25, 0.3) is 0 Å². The molecule has 1 radical (unpaired) electrons. The molecule has 4 N–H and O–H groups in total. The lowest BCUT2D eigenvalue weighted by atomic mass is 10.1. The Bertz CT molecular complexity index is 940. The summed E-state index contributed by atoms with van der Waals surface area (Å²) in [5.41, 5.74) is 2.30. The number of hydrazine groups is 1. The van der Waals surface area contributed by atoms with Crippen LogP contribution in [0, 0.1) is 11.3 Å². The van der Waals surface area contributed by atoms with Gasteiger partial charge >= 0.3 is 5.69 Å². The maximum Gasteiger partial charge on any atom is 0.333 e. The Morgan fingerprint density at radius 3 is 2.76 bits per heavy atom. The number of phenolic OH excluding ortho intramolecular Hbond substituents is 1. The second kappa shape index (κ2) is 7.13. The molecule has 25 heavy (non-hydrogen) atoms. The second-order valence-corrected chi connectivity index (χ2v) is 6.20. The summed E-state index contributed by atoms with van der Waals surface area (Å²) in [6.45, 7) is 0. The number of aromatic hydroxyl groups is 1. The van der Waals surface area contributed by atoms with Crippen LogP contribution >= 0.6 is 23.2 Å². The van der Waals surface area contributed by atoms with E-state index in [-0.39, 0.29) is 16.3 Å².